The average molecular weight is 317 g/mol. The number of rotatable bonds is 5. The van der Waals surface area contributed by atoms with Gasteiger partial charge < -0.3 is 4.74 Å². The average Bonchev–Trinajstić information content (AvgIpc) is 2.46. The molecule has 0 bridgehead atoms. The van der Waals surface area contributed by atoms with E-state index in [1.54, 1.807) is 24.3 Å². The van der Waals surface area contributed by atoms with Crippen molar-refractivity contribution in [3.05, 3.63) is 63.7 Å². The maximum Gasteiger partial charge on any atom is 0.163 e. The first-order valence-corrected chi connectivity index (χ1v) is 7.30. The van der Waals surface area contributed by atoms with Crippen molar-refractivity contribution < 1.29 is 14.3 Å². The number of ketones is 2. The third-order valence-electron chi connectivity index (χ3n) is 3.29. The van der Waals surface area contributed by atoms with Crippen molar-refractivity contribution in [1.29, 1.82) is 0 Å². The Morgan fingerprint density at radius 3 is 1.95 bits per heavy atom. The molecular formula is C18H17ClO3. The third-order valence-corrected chi connectivity index (χ3v) is 3.54. The zero-order chi connectivity index (χ0) is 16.3. The molecule has 0 fully saturated rings. The minimum Gasteiger partial charge on any atom is -0.487 e. The molecule has 0 saturated carbocycles. The zero-order valence-corrected chi connectivity index (χ0v) is 13.5. The lowest BCUT2D eigenvalue weighted by molar-refractivity contribution is 0.101. The molecule has 0 spiro atoms. The molecule has 0 N–H and O–H groups in total. The highest BCUT2D eigenvalue weighted by molar-refractivity contribution is 6.30. The number of benzene rings is 2. The number of carbonyl (C=O) groups excluding carboxylic acids is 2. The molecular weight excluding hydrogens is 300 g/mol. The van der Waals surface area contributed by atoms with Gasteiger partial charge in [-0.25, -0.2) is 0 Å². The van der Waals surface area contributed by atoms with Gasteiger partial charge >= 0.3 is 0 Å². The highest BCUT2D eigenvalue weighted by atomic mass is 35.5. The van der Waals surface area contributed by atoms with Gasteiger partial charge in [0.2, 0.25) is 0 Å². The SMILES string of the molecule is CC(=O)c1cc(C)cc(C(C)=O)c1OCc1ccc(Cl)cc1. The van der Waals surface area contributed by atoms with Gasteiger partial charge in [-0.05, 0) is 56.2 Å². The number of hydrogen-bond donors (Lipinski definition) is 0. The van der Waals surface area contributed by atoms with Gasteiger partial charge in [0.1, 0.15) is 12.4 Å². The second kappa shape index (κ2) is 6.75. The Morgan fingerprint density at radius 2 is 1.50 bits per heavy atom. The fraction of sp³-hybridized carbons (Fsp3) is 0.222. The molecule has 0 radical (unpaired) electrons. The second-order valence-electron chi connectivity index (χ2n) is 5.22. The Hall–Kier alpha value is -2.13. The summed E-state index contributed by atoms with van der Waals surface area (Å²) in [6.07, 6.45) is 0. The second-order valence-corrected chi connectivity index (χ2v) is 5.65. The highest BCUT2D eigenvalue weighted by Crippen LogP contribution is 2.28. The molecule has 22 heavy (non-hydrogen) atoms. The van der Waals surface area contributed by atoms with Crippen LogP contribution in [0.5, 0.6) is 5.75 Å². The molecule has 0 aliphatic carbocycles. The fourth-order valence-corrected chi connectivity index (χ4v) is 2.31. The lowest BCUT2D eigenvalue weighted by Gasteiger charge is -2.14. The van der Waals surface area contributed by atoms with Crippen LogP contribution in [0.4, 0.5) is 0 Å². The van der Waals surface area contributed by atoms with E-state index in [1.165, 1.54) is 13.8 Å². The Bertz CT molecular complexity index is 683. The molecule has 0 aliphatic rings. The van der Waals surface area contributed by atoms with Crippen molar-refractivity contribution in [3.8, 4) is 5.75 Å². The van der Waals surface area contributed by atoms with E-state index in [0.29, 0.717) is 21.9 Å². The predicted octanol–water partition coefficient (Wildman–Crippen LogP) is 4.63. The van der Waals surface area contributed by atoms with Gasteiger partial charge in [-0.3, -0.25) is 9.59 Å². The molecule has 0 aromatic heterocycles. The Morgan fingerprint density at radius 1 is 1.00 bits per heavy atom. The quantitative estimate of drug-likeness (QED) is 0.755. The largest absolute Gasteiger partial charge is 0.487 e. The van der Waals surface area contributed by atoms with Gasteiger partial charge in [-0.15, -0.1) is 0 Å². The van der Waals surface area contributed by atoms with Crippen LogP contribution in [0.2, 0.25) is 5.02 Å². The molecule has 2 aromatic carbocycles. The number of aryl methyl sites for hydroxylation is 1. The zero-order valence-electron chi connectivity index (χ0n) is 12.8. The van der Waals surface area contributed by atoms with Crippen LogP contribution in [0.15, 0.2) is 36.4 Å². The van der Waals surface area contributed by atoms with Gasteiger partial charge in [0, 0.05) is 5.02 Å². The van der Waals surface area contributed by atoms with Crippen molar-refractivity contribution in [2.24, 2.45) is 0 Å². The number of halogens is 1. The monoisotopic (exact) mass is 316 g/mol. The first kappa shape index (κ1) is 16.2. The van der Waals surface area contributed by atoms with Crippen LogP contribution in [-0.4, -0.2) is 11.6 Å². The van der Waals surface area contributed by atoms with Crippen LogP contribution in [0.1, 0.15) is 45.7 Å². The van der Waals surface area contributed by atoms with Gasteiger partial charge in [0.25, 0.3) is 0 Å². The molecule has 0 unspecified atom stereocenters. The molecule has 2 rings (SSSR count). The molecule has 0 atom stereocenters. The summed E-state index contributed by atoms with van der Waals surface area (Å²) in [4.78, 5) is 23.7. The van der Waals surface area contributed by atoms with Crippen LogP contribution >= 0.6 is 11.6 Å². The number of hydrogen-bond acceptors (Lipinski definition) is 3. The van der Waals surface area contributed by atoms with Gasteiger partial charge in [0.15, 0.2) is 11.6 Å². The summed E-state index contributed by atoms with van der Waals surface area (Å²) in [5.41, 5.74) is 2.63. The van der Waals surface area contributed by atoms with Crippen molar-refractivity contribution in [2.75, 3.05) is 0 Å². The standard InChI is InChI=1S/C18H17ClO3/c1-11-8-16(12(2)20)18(17(9-11)13(3)21)22-10-14-4-6-15(19)7-5-14/h4-9H,10H2,1-3H3. The summed E-state index contributed by atoms with van der Waals surface area (Å²) in [5, 5.41) is 0.646. The molecule has 0 saturated heterocycles. The van der Waals surface area contributed by atoms with E-state index in [4.69, 9.17) is 16.3 Å². The topological polar surface area (TPSA) is 43.4 Å². The molecule has 114 valence electrons. The van der Waals surface area contributed by atoms with Crippen LogP contribution in [0.3, 0.4) is 0 Å². The molecule has 0 amide bonds. The summed E-state index contributed by atoms with van der Waals surface area (Å²) in [6, 6.07) is 10.7. The van der Waals surface area contributed by atoms with Crippen LogP contribution in [-0.2, 0) is 6.61 Å². The fourth-order valence-electron chi connectivity index (χ4n) is 2.19. The maximum absolute atomic E-state index is 11.8. The molecule has 2 aromatic rings. The molecule has 3 nitrogen and oxygen atoms in total. The normalized spacial score (nSPS) is 10.4. The third kappa shape index (κ3) is 3.74. The molecule has 0 heterocycles. The van der Waals surface area contributed by atoms with Gasteiger partial charge in [-0.1, -0.05) is 23.7 Å². The summed E-state index contributed by atoms with van der Waals surface area (Å²) >= 11 is 5.85. The molecule has 4 heteroatoms. The van der Waals surface area contributed by atoms with Crippen LogP contribution in [0, 0.1) is 6.92 Å². The van der Waals surface area contributed by atoms with E-state index >= 15 is 0 Å². The van der Waals surface area contributed by atoms with E-state index in [0.717, 1.165) is 11.1 Å². The number of Topliss-reactive ketones (excluding diaryl/α,β-unsaturated/α-hetero) is 2. The van der Waals surface area contributed by atoms with Crippen molar-refractivity contribution >= 4 is 23.2 Å². The van der Waals surface area contributed by atoms with Gasteiger partial charge in [-0.2, -0.15) is 0 Å². The minimum absolute atomic E-state index is 0.127. The lowest BCUT2D eigenvalue weighted by atomic mass is 10.00. The first-order valence-electron chi connectivity index (χ1n) is 6.92. The Labute approximate surface area is 134 Å². The molecule has 0 aliphatic heterocycles. The smallest absolute Gasteiger partial charge is 0.163 e. The Balaban J connectivity index is 2.37. The summed E-state index contributed by atoms with van der Waals surface area (Å²) < 4.78 is 5.79. The minimum atomic E-state index is -0.127. The van der Waals surface area contributed by atoms with E-state index in [9.17, 15) is 9.59 Å². The first-order chi connectivity index (χ1) is 10.4. The summed E-state index contributed by atoms with van der Waals surface area (Å²) in [5.74, 6) is 0.0927. The van der Waals surface area contributed by atoms with E-state index < -0.39 is 0 Å². The van der Waals surface area contributed by atoms with Crippen molar-refractivity contribution in [3.63, 3.8) is 0 Å². The van der Waals surface area contributed by atoms with Gasteiger partial charge in [0.05, 0.1) is 11.1 Å². The van der Waals surface area contributed by atoms with E-state index in [-0.39, 0.29) is 18.2 Å². The number of carbonyl (C=O) groups is 2. The lowest BCUT2D eigenvalue weighted by Crippen LogP contribution is -2.08. The van der Waals surface area contributed by atoms with Crippen molar-refractivity contribution in [2.45, 2.75) is 27.4 Å². The Kier molecular flexibility index (Phi) is 4.99. The number of ether oxygens (including phenoxy) is 1. The van der Waals surface area contributed by atoms with E-state index in [1.807, 2.05) is 19.1 Å². The predicted molar refractivity (Wildman–Crippen MR) is 87.0 cm³/mol. The maximum atomic E-state index is 11.8. The summed E-state index contributed by atoms with van der Waals surface area (Å²) in [7, 11) is 0. The van der Waals surface area contributed by atoms with Crippen molar-refractivity contribution in [1.82, 2.24) is 0 Å². The van der Waals surface area contributed by atoms with Crippen LogP contribution in [0.25, 0.3) is 0 Å². The highest BCUT2D eigenvalue weighted by Gasteiger charge is 2.17. The van der Waals surface area contributed by atoms with Crippen LogP contribution < -0.4 is 4.74 Å². The summed E-state index contributed by atoms with van der Waals surface area (Å²) in [6.45, 7) is 5.05. The van der Waals surface area contributed by atoms with E-state index in [2.05, 4.69) is 0 Å².